The van der Waals surface area contributed by atoms with Gasteiger partial charge in [0, 0.05) is 19.6 Å². The van der Waals surface area contributed by atoms with Gasteiger partial charge in [-0.05, 0) is 24.5 Å². The number of aromatic nitrogens is 2. The zero-order valence-electron chi connectivity index (χ0n) is 14.4. The van der Waals surface area contributed by atoms with Crippen molar-refractivity contribution >= 4 is 28.7 Å². The molecule has 24 heavy (non-hydrogen) atoms. The van der Waals surface area contributed by atoms with Gasteiger partial charge in [0.15, 0.2) is 5.16 Å². The van der Waals surface area contributed by atoms with Gasteiger partial charge in [0.05, 0.1) is 30.0 Å². The van der Waals surface area contributed by atoms with Crippen molar-refractivity contribution in [1.82, 2.24) is 14.5 Å². The van der Waals surface area contributed by atoms with Crippen LogP contribution in [0, 0.1) is 5.92 Å². The van der Waals surface area contributed by atoms with Crippen LogP contribution in [0.3, 0.4) is 0 Å². The second-order valence-corrected chi connectivity index (χ2v) is 7.44. The SMILES string of the molecule is CC(C)CCn1c(SCC(=O)N2CCOCC2)nc2ccccc21. The number of imidazole rings is 1. The van der Waals surface area contributed by atoms with E-state index in [9.17, 15) is 4.79 Å². The molecule has 1 amide bonds. The molecule has 1 saturated heterocycles. The number of rotatable bonds is 6. The molecule has 3 rings (SSSR count). The summed E-state index contributed by atoms with van der Waals surface area (Å²) >= 11 is 1.55. The van der Waals surface area contributed by atoms with Gasteiger partial charge in [-0.25, -0.2) is 4.98 Å². The average Bonchev–Trinajstić information content (AvgIpc) is 2.96. The Morgan fingerprint density at radius 1 is 1.29 bits per heavy atom. The van der Waals surface area contributed by atoms with Crippen molar-refractivity contribution in [1.29, 1.82) is 0 Å². The number of benzene rings is 1. The van der Waals surface area contributed by atoms with Crippen LogP contribution in [0.2, 0.25) is 0 Å². The summed E-state index contributed by atoms with van der Waals surface area (Å²) in [5.74, 6) is 1.25. The van der Waals surface area contributed by atoms with Crippen molar-refractivity contribution in [3.8, 4) is 0 Å². The van der Waals surface area contributed by atoms with E-state index in [4.69, 9.17) is 9.72 Å². The molecule has 0 radical (unpaired) electrons. The van der Waals surface area contributed by atoms with Crippen LogP contribution in [-0.2, 0) is 16.1 Å². The molecular formula is C18H25N3O2S. The second kappa shape index (κ2) is 8.03. The molecule has 0 saturated carbocycles. The molecule has 2 heterocycles. The fourth-order valence-corrected chi connectivity index (χ4v) is 3.74. The van der Waals surface area contributed by atoms with Crippen molar-refractivity contribution in [3.05, 3.63) is 24.3 Å². The molecular weight excluding hydrogens is 322 g/mol. The van der Waals surface area contributed by atoms with Gasteiger partial charge in [-0.1, -0.05) is 37.7 Å². The van der Waals surface area contributed by atoms with Crippen molar-refractivity contribution in [3.63, 3.8) is 0 Å². The normalized spacial score (nSPS) is 15.4. The Morgan fingerprint density at radius 3 is 2.79 bits per heavy atom. The Kier molecular flexibility index (Phi) is 5.79. The predicted molar refractivity (Wildman–Crippen MR) is 97.3 cm³/mol. The Bertz CT molecular complexity index is 693. The molecule has 1 fully saturated rings. The fourth-order valence-electron chi connectivity index (χ4n) is 2.80. The first-order valence-electron chi connectivity index (χ1n) is 8.58. The summed E-state index contributed by atoms with van der Waals surface area (Å²) in [6, 6.07) is 8.20. The third kappa shape index (κ3) is 4.11. The number of amides is 1. The van der Waals surface area contributed by atoms with E-state index >= 15 is 0 Å². The van der Waals surface area contributed by atoms with E-state index < -0.39 is 0 Å². The van der Waals surface area contributed by atoms with Gasteiger partial charge in [-0.3, -0.25) is 4.79 Å². The first-order chi connectivity index (χ1) is 11.6. The summed E-state index contributed by atoms with van der Waals surface area (Å²) in [4.78, 5) is 19.0. The van der Waals surface area contributed by atoms with Gasteiger partial charge in [0.1, 0.15) is 0 Å². The molecule has 0 spiro atoms. The lowest BCUT2D eigenvalue weighted by molar-refractivity contribution is -0.132. The summed E-state index contributed by atoms with van der Waals surface area (Å²) in [6.07, 6.45) is 1.10. The van der Waals surface area contributed by atoms with Crippen molar-refractivity contribution in [2.24, 2.45) is 5.92 Å². The third-order valence-corrected chi connectivity index (χ3v) is 5.20. The van der Waals surface area contributed by atoms with Crippen LogP contribution < -0.4 is 0 Å². The Hall–Kier alpha value is -1.53. The largest absolute Gasteiger partial charge is 0.378 e. The second-order valence-electron chi connectivity index (χ2n) is 6.50. The highest BCUT2D eigenvalue weighted by atomic mass is 32.2. The van der Waals surface area contributed by atoms with E-state index in [2.05, 4.69) is 24.5 Å². The fraction of sp³-hybridized carbons (Fsp3) is 0.556. The highest BCUT2D eigenvalue weighted by molar-refractivity contribution is 7.99. The number of nitrogens with zero attached hydrogens (tertiary/aromatic N) is 3. The third-order valence-electron chi connectivity index (χ3n) is 4.24. The van der Waals surface area contributed by atoms with Gasteiger partial charge in [-0.15, -0.1) is 0 Å². The summed E-state index contributed by atoms with van der Waals surface area (Å²) in [7, 11) is 0. The summed E-state index contributed by atoms with van der Waals surface area (Å²) < 4.78 is 7.57. The van der Waals surface area contributed by atoms with E-state index in [0.717, 1.165) is 29.2 Å². The van der Waals surface area contributed by atoms with E-state index in [-0.39, 0.29) is 5.91 Å². The monoisotopic (exact) mass is 347 g/mol. The van der Waals surface area contributed by atoms with Crippen LogP contribution in [0.25, 0.3) is 11.0 Å². The Balaban J connectivity index is 1.72. The quantitative estimate of drug-likeness (QED) is 0.754. The molecule has 0 unspecified atom stereocenters. The van der Waals surface area contributed by atoms with Crippen molar-refractivity contribution in [2.45, 2.75) is 32.0 Å². The van der Waals surface area contributed by atoms with Crippen molar-refractivity contribution in [2.75, 3.05) is 32.1 Å². The lowest BCUT2D eigenvalue weighted by atomic mass is 10.1. The zero-order valence-corrected chi connectivity index (χ0v) is 15.2. The topological polar surface area (TPSA) is 47.4 Å². The summed E-state index contributed by atoms with van der Waals surface area (Å²) in [6.45, 7) is 8.08. The number of thioether (sulfide) groups is 1. The van der Waals surface area contributed by atoms with E-state index in [1.165, 1.54) is 0 Å². The first-order valence-corrected chi connectivity index (χ1v) is 9.57. The number of hydrogen-bond donors (Lipinski definition) is 0. The number of ether oxygens (including phenoxy) is 1. The molecule has 1 aliphatic heterocycles. The average molecular weight is 347 g/mol. The molecule has 0 bridgehead atoms. The molecule has 1 aliphatic rings. The van der Waals surface area contributed by atoms with Crippen LogP contribution in [0.15, 0.2) is 29.4 Å². The van der Waals surface area contributed by atoms with Gasteiger partial charge in [-0.2, -0.15) is 0 Å². The maximum atomic E-state index is 12.4. The molecule has 0 N–H and O–H groups in total. The molecule has 1 aromatic heterocycles. The lowest BCUT2D eigenvalue weighted by Gasteiger charge is -2.26. The van der Waals surface area contributed by atoms with Crippen LogP contribution in [0.1, 0.15) is 20.3 Å². The Morgan fingerprint density at radius 2 is 2.04 bits per heavy atom. The minimum atomic E-state index is 0.172. The number of fused-ring (bicyclic) bond motifs is 1. The van der Waals surface area contributed by atoms with Gasteiger partial charge in [0.25, 0.3) is 0 Å². The minimum absolute atomic E-state index is 0.172. The number of para-hydroxylation sites is 2. The van der Waals surface area contributed by atoms with Gasteiger partial charge < -0.3 is 14.2 Å². The number of hydrogen-bond acceptors (Lipinski definition) is 4. The van der Waals surface area contributed by atoms with Crippen molar-refractivity contribution < 1.29 is 9.53 Å². The van der Waals surface area contributed by atoms with Gasteiger partial charge in [0.2, 0.25) is 5.91 Å². The van der Waals surface area contributed by atoms with E-state index in [1.807, 2.05) is 23.1 Å². The Labute approximate surface area is 147 Å². The number of carbonyl (C=O) groups is 1. The van der Waals surface area contributed by atoms with Crippen LogP contribution in [-0.4, -0.2) is 52.4 Å². The van der Waals surface area contributed by atoms with Gasteiger partial charge >= 0.3 is 0 Å². The van der Waals surface area contributed by atoms with Crippen LogP contribution in [0.4, 0.5) is 0 Å². The predicted octanol–water partition coefficient (Wildman–Crippen LogP) is 3.03. The number of carbonyl (C=O) groups excluding carboxylic acids is 1. The van der Waals surface area contributed by atoms with Crippen LogP contribution in [0.5, 0.6) is 0 Å². The standard InChI is InChI=1S/C18H25N3O2S/c1-14(2)7-8-21-16-6-4-3-5-15(16)19-18(21)24-13-17(22)20-9-11-23-12-10-20/h3-6,14H,7-13H2,1-2H3. The first kappa shape index (κ1) is 17.3. The van der Waals surface area contributed by atoms with Crippen LogP contribution >= 0.6 is 11.8 Å². The molecule has 2 aromatic rings. The molecule has 5 nitrogen and oxygen atoms in total. The summed E-state index contributed by atoms with van der Waals surface area (Å²) in [5, 5.41) is 0.943. The van der Waals surface area contributed by atoms with E-state index in [0.29, 0.717) is 38.0 Å². The smallest absolute Gasteiger partial charge is 0.233 e. The summed E-state index contributed by atoms with van der Waals surface area (Å²) in [5.41, 5.74) is 2.15. The maximum Gasteiger partial charge on any atom is 0.233 e. The zero-order chi connectivity index (χ0) is 16.9. The molecule has 1 aromatic carbocycles. The number of morpholine rings is 1. The maximum absolute atomic E-state index is 12.4. The molecule has 130 valence electrons. The number of aryl methyl sites for hydroxylation is 1. The minimum Gasteiger partial charge on any atom is -0.378 e. The lowest BCUT2D eigenvalue weighted by Crippen LogP contribution is -2.41. The highest BCUT2D eigenvalue weighted by Crippen LogP contribution is 2.25. The van der Waals surface area contributed by atoms with E-state index in [1.54, 1.807) is 11.8 Å². The molecule has 0 atom stereocenters. The highest BCUT2D eigenvalue weighted by Gasteiger charge is 2.19. The molecule has 6 heteroatoms. The molecule has 0 aliphatic carbocycles.